The van der Waals surface area contributed by atoms with Crippen LogP contribution in [0.15, 0.2) is 12.1 Å². The molecule has 1 heterocycles. The largest absolute Gasteiger partial charge is 0.457 e. The topological polar surface area (TPSA) is 34.1 Å². The zero-order chi connectivity index (χ0) is 12.1. The quantitative estimate of drug-likeness (QED) is 0.836. The molecule has 0 radical (unpaired) electrons. The molecule has 0 fully saturated rings. The smallest absolute Gasteiger partial charge is 0.238 e. The van der Waals surface area contributed by atoms with Gasteiger partial charge in [0.25, 0.3) is 0 Å². The van der Waals surface area contributed by atoms with Gasteiger partial charge in [-0.2, -0.15) is 0 Å². The molecule has 0 spiro atoms. The van der Waals surface area contributed by atoms with Crippen molar-refractivity contribution in [2.45, 2.75) is 39.5 Å². The van der Waals surface area contributed by atoms with Crippen LogP contribution < -0.4 is 10.1 Å². The van der Waals surface area contributed by atoms with Crippen LogP contribution in [0.4, 0.5) is 10.2 Å². The van der Waals surface area contributed by atoms with E-state index in [4.69, 9.17) is 4.74 Å². The highest BCUT2D eigenvalue weighted by Gasteiger charge is 2.11. The highest BCUT2D eigenvalue weighted by atomic mass is 19.1. The molecule has 0 aliphatic heterocycles. The second kappa shape index (κ2) is 5.68. The SMILES string of the molecule is CCC(F)Oc1ccc(C(C)C)nc1NC. The number of rotatable bonds is 5. The fourth-order valence-corrected chi connectivity index (χ4v) is 1.28. The van der Waals surface area contributed by atoms with Crippen LogP contribution in [-0.2, 0) is 0 Å². The molecular weight excluding hydrogens is 207 g/mol. The number of ether oxygens (including phenoxy) is 1. The first-order valence-corrected chi connectivity index (χ1v) is 5.57. The maximum Gasteiger partial charge on any atom is 0.238 e. The molecular formula is C12H19FN2O. The Morgan fingerprint density at radius 2 is 2.12 bits per heavy atom. The minimum absolute atomic E-state index is 0.328. The lowest BCUT2D eigenvalue weighted by molar-refractivity contribution is 0.0645. The summed E-state index contributed by atoms with van der Waals surface area (Å²) in [5, 5.41) is 2.92. The van der Waals surface area contributed by atoms with E-state index in [1.165, 1.54) is 0 Å². The molecule has 0 saturated carbocycles. The molecule has 0 saturated heterocycles. The number of hydrogen-bond acceptors (Lipinski definition) is 3. The van der Waals surface area contributed by atoms with Crippen LogP contribution >= 0.6 is 0 Å². The predicted octanol–water partition coefficient (Wildman–Crippen LogP) is 3.33. The van der Waals surface area contributed by atoms with Crippen molar-refractivity contribution in [1.29, 1.82) is 0 Å². The highest BCUT2D eigenvalue weighted by Crippen LogP contribution is 2.26. The van der Waals surface area contributed by atoms with Crippen molar-refractivity contribution in [2.75, 3.05) is 12.4 Å². The van der Waals surface area contributed by atoms with E-state index >= 15 is 0 Å². The summed E-state index contributed by atoms with van der Waals surface area (Å²) in [5.74, 6) is 1.39. The van der Waals surface area contributed by atoms with Gasteiger partial charge < -0.3 is 10.1 Å². The second-order valence-corrected chi connectivity index (χ2v) is 3.92. The molecule has 1 N–H and O–H groups in total. The summed E-state index contributed by atoms with van der Waals surface area (Å²) in [6, 6.07) is 3.62. The summed E-state index contributed by atoms with van der Waals surface area (Å²) < 4.78 is 18.2. The Bertz CT molecular complexity index is 342. The number of pyridine rings is 1. The van der Waals surface area contributed by atoms with Gasteiger partial charge in [-0.25, -0.2) is 9.37 Å². The van der Waals surface area contributed by atoms with Gasteiger partial charge in [0, 0.05) is 19.2 Å². The Labute approximate surface area is 96.0 Å². The van der Waals surface area contributed by atoms with Crippen molar-refractivity contribution in [2.24, 2.45) is 0 Å². The van der Waals surface area contributed by atoms with E-state index in [0.717, 1.165) is 5.69 Å². The van der Waals surface area contributed by atoms with Gasteiger partial charge in [-0.15, -0.1) is 0 Å². The molecule has 1 rings (SSSR count). The zero-order valence-corrected chi connectivity index (χ0v) is 10.2. The number of nitrogens with zero attached hydrogens (tertiary/aromatic N) is 1. The first-order valence-electron chi connectivity index (χ1n) is 5.57. The average molecular weight is 226 g/mol. The Balaban J connectivity index is 2.93. The predicted molar refractivity (Wildman–Crippen MR) is 63.7 cm³/mol. The summed E-state index contributed by atoms with van der Waals surface area (Å²) in [6.07, 6.45) is -0.950. The molecule has 0 bridgehead atoms. The molecule has 16 heavy (non-hydrogen) atoms. The first kappa shape index (κ1) is 12.7. The normalized spacial score (nSPS) is 12.6. The number of nitrogens with one attached hydrogen (secondary N) is 1. The van der Waals surface area contributed by atoms with Gasteiger partial charge in [0.1, 0.15) is 0 Å². The Hall–Kier alpha value is -1.32. The van der Waals surface area contributed by atoms with Crippen molar-refractivity contribution in [3.05, 3.63) is 17.8 Å². The van der Waals surface area contributed by atoms with Crippen LogP contribution in [0.25, 0.3) is 0 Å². The van der Waals surface area contributed by atoms with Gasteiger partial charge in [0.15, 0.2) is 11.6 Å². The summed E-state index contributed by atoms with van der Waals surface area (Å²) >= 11 is 0. The molecule has 4 heteroatoms. The minimum Gasteiger partial charge on any atom is -0.457 e. The summed E-state index contributed by atoms with van der Waals surface area (Å²) in [6.45, 7) is 5.86. The van der Waals surface area contributed by atoms with Crippen LogP contribution in [0, 0.1) is 0 Å². The van der Waals surface area contributed by atoms with E-state index < -0.39 is 6.36 Å². The van der Waals surface area contributed by atoms with E-state index in [2.05, 4.69) is 24.1 Å². The fourth-order valence-electron chi connectivity index (χ4n) is 1.28. The molecule has 0 amide bonds. The van der Waals surface area contributed by atoms with Crippen LogP contribution in [-0.4, -0.2) is 18.4 Å². The standard InChI is InChI=1S/C12H19FN2O/c1-5-11(13)16-10-7-6-9(8(2)3)15-12(10)14-4/h6-8,11H,5H2,1-4H3,(H,14,15). The third-order valence-electron chi connectivity index (χ3n) is 2.28. The van der Waals surface area contributed by atoms with Gasteiger partial charge >= 0.3 is 0 Å². The van der Waals surface area contributed by atoms with Crippen molar-refractivity contribution >= 4 is 5.82 Å². The molecule has 90 valence electrons. The summed E-state index contributed by atoms with van der Waals surface area (Å²) in [4.78, 5) is 4.38. The van der Waals surface area contributed by atoms with Crippen molar-refractivity contribution in [3.8, 4) is 5.75 Å². The maximum absolute atomic E-state index is 13.1. The second-order valence-electron chi connectivity index (χ2n) is 3.92. The number of aromatic nitrogens is 1. The summed E-state index contributed by atoms with van der Waals surface area (Å²) in [7, 11) is 1.75. The Morgan fingerprint density at radius 3 is 2.62 bits per heavy atom. The van der Waals surface area contributed by atoms with E-state index in [0.29, 0.717) is 23.9 Å². The van der Waals surface area contributed by atoms with Gasteiger partial charge in [0.2, 0.25) is 6.36 Å². The van der Waals surface area contributed by atoms with Crippen molar-refractivity contribution < 1.29 is 9.13 Å². The lowest BCUT2D eigenvalue weighted by Crippen LogP contribution is -2.10. The van der Waals surface area contributed by atoms with E-state index in [1.54, 1.807) is 20.0 Å². The third kappa shape index (κ3) is 3.08. The van der Waals surface area contributed by atoms with E-state index in [-0.39, 0.29) is 0 Å². The van der Waals surface area contributed by atoms with Crippen LogP contribution in [0.5, 0.6) is 5.75 Å². The first-order chi connectivity index (χ1) is 7.58. The molecule has 3 nitrogen and oxygen atoms in total. The zero-order valence-electron chi connectivity index (χ0n) is 10.2. The van der Waals surface area contributed by atoms with Crippen molar-refractivity contribution in [1.82, 2.24) is 4.98 Å². The van der Waals surface area contributed by atoms with Crippen LogP contribution in [0.2, 0.25) is 0 Å². The number of halogens is 1. The van der Waals surface area contributed by atoms with Crippen molar-refractivity contribution in [3.63, 3.8) is 0 Å². The maximum atomic E-state index is 13.1. The molecule has 0 aliphatic carbocycles. The Kier molecular flexibility index (Phi) is 4.52. The van der Waals surface area contributed by atoms with Gasteiger partial charge in [-0.3, -0.25) is 0 Å². The number of alkyl halides is 1. The van der Waals surface area contributed by atoms with Gasteiger partial charge in [-0.1, -0.05) is 20.8 Å². The monoisotopic (exact) mass is 226 g/mol. The number of hydrogen-bond donors (Lipinski definition) is 1. The molecule has 1 aromatic heterocycles. The van der Waals surface area contributed by atoms with Crippen LogP contribution in [0.1, 0.15) is 38.8 Å². The van der Waals surface area contributed by atoms with E-state index in [1.807, 2.05) is 6.07 Å². The van der Waals surface area contributed by atoms with E-state index in [9.17, 15) is 4.39 Å². The highest BCUT2D eigenvalue weighted by molar-refractivity contribution is 5.50. The summed E-state index contributed by atoms with van der Waals surface area (Å²) in [5.41, 5.74) is 0.962. The Morgan fingerprint density at radius 1 is 1.44 bits per heavy atom. The third-order valence-corrected chi connectivity index (χ3v) is 2.28. The molecule has 0 aromatic carbocycles. The van der Waals surface area contributed by atoms with Gasteiger partial charge in [0.05, 0.1) is 0 Å². The van der Waals surface area contributed by atoms with Crippen LogP contribution in [0.3, 0.4) is 0 Å². The minimum atomic E-state index is -1.28. The molecule has 0 aliphatic rings. The molecule has 1 atom stereocenters. The molecule has 1 unspecified atom stereocenters. The lowest BCUT2D eigenvalue weighted by atomic mass is 10.1. The number of anilines is 1. The lowest BCUT2D eigenvalue weighted by Gasteiger charge is -2.14. The average Bonchev–Trinajstić information content (AvgIpc) is 2.29. The fraction of sp³-hybridized carbons (Fsp3) is 0.583. The van der Waals surface area contributed by atoms with Gasteiger partial charge in [-0.05, 0) is 18.1 Å². The molecule has 1 aromatic rings.